The molecule has 0 saturated carbocycles. The highest BCUT2D eigenvalue weighted by molar-refractivity contribution is 6.30. The number of carboxylic acid groups (broad SMARTS) is 1. The lowest BCUT2D eigenvalue weighted by Crippen LogP contribution is -2.33. The number of aromatic nitrogens is 3. The van der Waals surface area contributed by atoms with E-state index in [2.05, 4.69) is 50.8 Å². The largest absolute Gasteiger partial charge is 0.478 e. The van der Waals surface area contributed by atoms with Gasteiger partial charge in [-0.25, -0.2) is 14.8 Å². The van der Waals surface area contributed by atoms with E-state index >= 15 is 0 Å². The lowest BCUT2D eigenvalue weighted by Gasteiger charge is -2.31. The van der Waals surface area contributed by atoms with E-state index in [0.717, 1.165) is 85.4 Å². The molecule has 2 aromatic carbocycles. The number of carbonyl (C=O) groups is 1. The molecule has 0 bridgehead atoms. The second kappa shape index (κ2) is 10.9. The number of fused-ring (bicyclic) bond motifs is 2. The van der Waals surface area contributed by atoms with E-state index in [-0.39, 0.29) is 11.7 Å². The molecular weight excluding hydrogens is 538 g/mol. The fourth-order valence-corrected chi connectivity index (χ4v) is 6.24. The molecule has 1 saturated heterocycles. The SMILES string of the molecule is O=C(O)c1ccc2nc(CN3CC=C(c4cccc(N5CCc6cc(Cl)ccc6C5)n4)CC3)n(C[C@H]3CCO3)c2c1. The molecule has 0 aliphatic carbocycles. The number of imidazole rings is 1. The molecule has 2 aromatic heterocycles. The molecule has 9 heteroatoms. The number of aromatic carboxylic acids is 1. The highest BCUT2D eigenvalue weighted by Crippen LogP contribution is 2.29. The minimum absolute atomic E-state index is 0.150. The Morgan fingerprint density at radius 1 is 1.05 bits per heavy atom. The summed E-state index contributed by atoms with van der Waals surface area (Å²) in [6.07, 6.45) is 5.32. The van der Waals surface area contributed by atoms with E-state index in [1.807, 2.05) is 12.1 Å². The molecule has 210 valence electrons. The van der Waals surface area contributed by atoms with Crippen molar-refractivity contribution in [1.29, 1.82) is 0 Å². The Hall–Kier alpha value is -3.72. The maximum absolute atomic E-state index is 11.6. The van der Waals surface area contributed by atoms with Crippen LogP contribution in [0.1, 0.15) is 45.8 Å². The maximum atomic E-state index is 11.6. The van der Waals surface area contributed by atoms with Gasteiger partial charge in [0.05, 0.1) is 41.5 Å². The van der Waals surface area contributed by atoms with Crippen LogP contribution in [0.15, 0.2) is 60.7 Å². The first kappa shape index (κ1) is 26.2. The summed E-state index contributed by atoms with van der Waals surface area (Å²) in [5.41, 5.74) is 6.91. The average molecular weight is 570 g/mol. The monoisotopic (exact) mass is 569 g/mol. The smallest absolute Gasteiger partial charge is 0.335 e. The van der Waals surface area contributed by atoms with E-state index in [1.165, 1.54) is 16.7 Å². The molecule has 0 amide bonds. The van der Waals surface area contributed by atoms with E-state index in [9.17, 15) is 9.90 Å². The van der Waals surface area contributed by atoms with Gasteiger partial charge in [0.25, 0.3) is 0 Å². The summed E-state index contributed by atoms with van der Waals surface area (Å²) in [5.74, 6) is 1.03. The summed E-state index contributed by atoms with van der Waals surface area (Å²) >= 11 is 6.20. The zero-order valence-electron chi connectivity index (χ0n) is 22.8. The van der Waals surface area contributed by atoms with Gasteiger partial charge in [0, 0.05) is 37.8 Å². The fourth-order valence-electron chi connectivity index (χ4n) is 6.05. The van der Waals surface area contributed by atoms with Crippen LogP contribution in [0.2, 0.25) is 5.02 Å². The summed E-state index contributed by atoms with van der Waals surface area (Å²) in [6, 6.07) is 17.7. The van der Waals surface area contributed by atoms with Crippen molar-refractivity contribution in [1.82, 2.24) is 19.4 Å². The standard InChI is InChI=1S/C32H32ClN5O3/c33-25-6-4-24-18-37(14-10-22(24)16-25)30-3-1-2-27(34-30)21-8-12-36(13-9-21)20-31-35-28-7-5-23(32(39)40)17-29(28)38(31)19-26-11-15-41-26/h1-8,16-17,26H,9-15,18-20H2,(H,39,40)/t26-/m1/s1. The van der Waals surface area contributed by atoms with Crippen LogP contribution >= 0.6 is 11.6 Å². The number of anilines is 1. The van der Waals surface area contributed by atoms with Crippen molar-refractivity contribution in [2.75, 3.05) is 31.1 Å². The number of halogens is 1. The van der Waals surface area contributed by atoms with Crippen LogP contribution in [-0.2, 0) is 30.8 Å². The first-order chi connectivity index (χ1) is 20.0. The zero-order chi connectivity index (χ0) is 27.9. The second-order valence-electron chi connectivity index (χ2n) is 11.1. The number of rotatable bonds is 7. The summed E-state index contributed by atoms with van der Waals surface area (Å²) in [5, 5.41) is 10.3. The molecule has 1 N–H and O–H groups in total. The number of ether oxygens (including phenoxy) is 1. The summed E-state index contributed by atoms with van der Waals surface area (Å²) < 4.78 is 7.86. The fraction of sp³-hybridized carbons (Fsp3) is 0.344. The first-order valence-corrected chi connectivity index (χ1v) is 14.6. The molecule has 41 heavy (non-hydrogen) atoms. The molecule has 3 aliphatic rings. The summed E-state index contributed by atoms with van der Waals surface area (Å²) in [4.78, 5) is 26.3. The first-order valence-electron chi connectivity index (χ1n) is 14.3. The Labute approximate surface area is 243 Å². The van der Waals surface area contributed by atoms with Crippen LogP contribution in [0.5, 0.6) is 0 Å². The van der Waals surface area contributed by atoms with Crippen LogP contribution in [0.3, 0.4) is 0 Å². The second-order valence-corrected chi connectivity index (χ2v) is 11.5. The molecule has 5 heterocycles. The number of nitrogens with zero attached hydrogens (tertiary/aromatic N) is 5. The van der Waals surface area contributed by atoms with Crippen molar-refractivity contribution in [2.45, 2.75) is 45.0 Å². The molecule has 1 atom stereocenters. The van der Waals surface area contributed by atoms with Crippen molar-refractivity contribution >= 4 is 40.0 Å². The lowest BCUT2D eigenvalue weighted by atomic mass is 9.99. The molecule has 4 aromatic rings. The van der Waals surface area contributed by atoms with Crippen LogP contribution < -0.4 is 4.90 Å². The molecule has 0 spiro atoms. The minimum Gasteiger partial charge on any atom is -0.478 e. The third-order valence-corrected chi connectivity index (χ3v) is 8.72. The third-order valence-electron chi connectivity index (χ3n) is 8.48. The van der Waals surface area contributed by atoms with Crippen LogP contribution in [0.25, 0.3) is 16.6 Å². The topological polar surface area (TPSA) is 83.7 Å². The molecule has 0 radical (unpaired) electrons. The van der Waals surface area contributed by atoms with Gasteiger partial charge in [0.2, 0.25) is 0 Å². The summed E-state index contributed by atoms with van der Waals surface area (Å²) in [6.45, 7) is 5.64. The van der Waals surface area contributed by atoms with Crippen molar-refractivity contribution in [3.8, 4) is 0 Å². The Morgan fingerprint density at radius 3 is 2.73 bits per heavy atom. The highest BCUT2D eigenvalue weighted by atomic mass is 35.5. The van der Waals surface area contributed by atoms with Crippen LogP contribution in [-0.4, -0.2) is 62.9 Å². The molecule has 7 rings (SSSR count). The average Bonchev–Trinajstić information content (AvgIpc) is 3.30. The summed E-state index contributed by atoms with van der Waals surface area (Å²) in [7, 11) is 0. The molecule has 8 nitrogen and oxygen atoms in total. The van der Waals surface area contributed by atoms with Crippen LogP contribution in [0.4, 0.5) is 5.82 Å². The normalized spacial score (nSPS) is 19.1. The van der Waals surface area contributed by atoms with Gasteiger partial charge >= 0.3 is 5.97 Å². The van der Waals surface area contributed by atoms with E-state index in [0.29, 0.717) is 13.1 Å². The van der Waals surface area contributed by atoms with Gasteiger partial charge in [-0.3, -0.25) is 4.90 Å². The van der Waals surface area contributed by atoms with E-state index in [4.69, 9.17) is 26.3 Å². The Bertz CT molecular complexity index is 1660. The molecular formula is C32H32ClN5O3. The van der Waals surface area contributed by atoms with Gasteiger partial charge in [0.1, 0.15) is 11.6 Å². The van der Waals surface area contributed by atoms with Gasteiger partial charge < -0.3 is 19.3 Å². The highest BCUT2D eigenvalue weighted by Gasteiger charge is 2.24. The van der Waals surface area contributed by atoms with Gasteiger partial charge in [0.15, 0.2) is 0 Å². The number of pyridine rings is 1. The van der Waals surface area contributed by atoms with Gasteiger partial charge in [-0.2, -0.15) is 0 Å². The Kier molecular flexibility index (Phi) is 6.98. The zero-order valence-corrected chi connectivity index (χ0v) is 23.6. The quantitative estimate of drug-likeness (QED) is 0.318. The van der Waals surface area contributed by atoms with Crippen molar-refractivity contribution in [3.63, 3.8) is 0 Å². The lowest BCUT2D eigenvalue weighted by molar-refractivity contribution is -0.0591. The van der Waals surface area contributed by atoms with Crippen LogP contribution in [0, 0.1) is 0 Å². The maximum Gasteiger partial charge on any atom is 0.335 e. The van der Waals surface area contributed by atoms with Crippen molar-refractivity contribution in [2.24, 2.45) is 0 Å². The van der Waals surface area contributed by atoms with Gasteiger partial charge in [-0.1, -0.05) is 29.8 Å². The Balaban J connectivity index is 1.07. The number of carboxylic acids is 1. The molecule has 1 fully saturated rings. The van der Waals surface area contributed by atoms with E-state index < -0.39 is 5.97 Å². The minimum atomic E-state index is -0.928. The van der Waals surface area contributed by atoms with Crippen molar-refractivity contribution < 1.29 is 14.6 Å². The predicted octanol–water partition coefficient (Wildman–Crippen LogP) is 5.42. The number of hydrogen-bond donors (Lipinski definition) is 1. The van der Waals surface area contributed by atoms with Gasteiger partial charge in [-0.05, 0) is 78.4 Å². The van der Waals surface area contributed by atoms with Gasteiger partial charge in [-0.15, -0.1) is 0 Å². The third kappa shape index (κ3) is 5.35. The molecule has 3 aliphatic heterocycles. The number of hydrogen-bond acceptors (Lipinski definition) is 6. The number of benzene rings is 2. The molecule has 0 unspecified atom stereocenters. The Morgan fingerprint density at radius 2 is 1.95 bits per heavy atom. The predicted molar refractivity (Wildman–Crippen MR) is 159 cm³/mol. The van der Waals surface area contributed by atoms with E-state index in [1.54, 1.807) is 12.1 Å². The van der Waals surface area contributed by atoms with Crippen molar-refractivity contribution in [3.05, 3.63) is 93.9 Å².